The van der Waals surface area contributed by atoms with Crippen LogP contribution in [0.1, 0.15) is 32.4 Å². The standard InChI is InChI=1S/C18H27NOSi/c1-18(2,3)21(4,5)20-13-17(19)16-12-8-10-14-9-6-7-11-15(14)16/h6-12,17H,13,19H2,1-5H3/t17-/m1/s1. The first kappa shape index (κ1) is 16.2. The van der Waals surface area contributed by atoms with Gasteiger partial charge in [-0.3, -0.25) is 0 Å². The van der Waals surface area contributed by atoms with E-state index in [0.29, 0.717) is 6.61 Å². The van der Waals surface area contributed by atoms with Crippen molar-refractivity contribution in [3.8, 4) is 0 Å². The highest BCUT2D eigenvalue weighted by Crippen LogP contribution is 2.37. The summed E-state index contributed by atoms with van der Waals surface area (Å²) < 4.78 is 6.27. The van der Waals surface area contributed by atoms with Gasteiger partial charge in [0.05, 0.1) is 12.6 Å². The molecule has 0 unspecified atom stereocenters. The third kappa shape index (κ3) is 3.54. The lowest BCUT2D eigenvalue weighted by Gasteiger charge is -2.37. The lowest BCUT2D eigenvalue weighted by atomic mass is 10.00. The fourth-order valence-corrected chi connectivity index (χ4v) is 3.21. The maximum Gasteiger partial charge on any atom is 0.192 e. The molecule has 2 rings (SSSR count). The Kier molecular flexibility index (Phi) is 4.56. The molecule has 21 heavy (non-hydrogen) atoms. The maximum atomic E-state index is 6.41. The van der Waals surface area contributed by atoms with E-state index in [1.807, 2.05) is 0 Å². The molecular formula is C18H27NOSi. The zero-order valence-corrected chi connectivity index (χ0v) is 14.8. The van der Waals surface area contributed by atoms with Crippen LogP contribution in [0, 0.1) is 0 Å². The van der Waals surface area contributed by atoms with Crippen LogP contribution in [-0.2, 0) is 4.43 Å². The van der Waals surface area contributed by atoms with Gasteiger partial charge in [-0.2, -0.15) is 0 Å². The van der Waals surface area contributed by atoms with E-state index >= 15 is 0 Å². The van der Waals surface area contributed by atoms with E-state index in [1.165, 1.54) is 16.3 Å². The molecular weight excluding hydrogens is 274 g/mol. The molecule has 2 nitrogen and oxygen atoms in total. The second-order valence-electron chi connectivity index (χ2n) is 7.25. The van der Waals surface area contributed by atoms with E-state index in [9.17, 15) is 0 Å². The van der Waals surface area contributed by atoms with Gasteiger partial charge in [-0.1, -0.05) is 63.2 Å². The van der Waals surface area contributed by atoms with Gasteiger partial charge in [0.15, 0.2) is 8.32 Å². The van der Waals surface area contributed by atoms with Crippen molar-refractivity contribution in [2.75, 3.05) is 6.61 Å². The molecule has 0 saturated carbocycles. The predicted octanol–water partition coefficient (Wildman–Crippen LogP) is 4.86. The third-order valence-corrected chi connectivity index (χ3v) is 9.15. The number of hydrogen-bond donors (Lipinski definition) is 1. The molecule has 0 amide bonds. The average molecular weight is 302 g/mol. The highest BCUT2D eigenvalue weighted by molar-refractivity contribution is 6.74. The lowest BCUT2D eigenvalue weighted by molar-refractivity contribution is 0.265. The van der Waals surface area contributed by atoms with E-state index in [1.54, 1.807) is 0 Å². The number of hydrogen-bond acceptors (Lipinski definition) is 2. The van der Waals surface area contributed by atoms with Crippen molar-refractivity contribution >= 4 is 19.1 Å². The minimum atomic E-state index is -1.75. The first-order valence-corrected chi connectivity index (χ1v) is 10.5. The second-order valence-corrected chi connectivity index (χ2v) is 12.1. The molecule has 2 aromatic carbocycles. The maximum absolute atomic E-state index is 6.41. The van der Waals surface area contributed by atoms with Crippen molar-refractivity contribution < 1.29 is 4.43 Å². The van der Waals surface area contributed by atoms with Gasteiger partial charge in [0.2, 0.25) is 0 Å². The molecule has 3 heteroatoms. The summed E-state index contributed by atoms with van der Waals surface area (Å²) in [4.78, 5) is 0. The normalized spacial score (nSPS) is 14.4. The van der Waals surface area contributed by atoms with Crippen molar-refractivity contribution in [3.05, 3.63) is 48.0 Å². The molecule has 0 saturated heterocycles. The third-order valence-electron chi connectivity index (χ3n) is 4.65. The number of rotatable bonds is 4. The largest absolute Gasteiger partial charge is 0.415 e. The zero-order chi connectivity index (χ0) is 15.7. The fourth-order valence-electron chi connectivity index (χ4n) is 2.18. The molecule has 0 spiro atoms. The van der Waals surface area contributed by atoms with Crippen LogP contribution in [0.3, 0.4) is 0 Å². The molecule has 0 fully saturated rings. The van der Waals surface area contributed by atoms with E-state index < -0.39 is 8.32 Å². The second kappa shape index (κ2) is 5.91. The first-order chi connectivity index (χ1) is 9.72. The molecule has 0 aliphatic heterocycles. The van der Waals surface area contributed by atoms with Crippen molar-refractivity contribution in [2.45, 2.75) is 44.9 Å². The molecule has 0 aromatic heterocycles. The van der Waals surface area contributed by atoms with E-state index in [-0.39, 0.29) is 11.1 Å². The molecule has 0 aliphatic rings. The van der Waals surface area contributed by atoms with Crippen LogP contribution in [0.5, 0.6) is 0 Å². The summed E-state index contributed by atoms with van der Waals surface area (Å²) in [5, 5.41) is 2.68. The predicted molar refractivity (Wildman–Crippen MR) is 94.0 cm³/mol. The summed E-state index contributed by atoms with van der Waals surface area (Å²) in [6, 6.07) is 14.6. The molecule has 0 aliphatic carbocycles. The van der Waals surface area contributed by atoms with E-state index in [0.717, 1.165) is 0 Å². The summed E-state index contributed by atoms with van der Waals surface area (Å²) in [7, 11) is -1.75. The topological polar surface area (TPSA) is 35.2 Å². The highest BCUT2D eigenvalue weighted by atomic mass is 28.4. The van der Waals surface area contributed by atoms with Gasteiger partial charge in [0.25, 0.3) is 0 Å². The molecule has 2 aromatic rings. The van der Waals surface area contributed by atoms with Crippen molar-refractivity contribution in [3.63, 3.8) is 0 Å². The van der Waals surface area contributed by atoms with Crippen LogP contribution in [0.25, 0.3) is 10.8 Å². The van der Waals surface area contributed by atoms with Gasteiger partial charge < -0.3 is 10.2 Å². The van der Waals surface area contributed by atoms with E-state index in [4.69, 9.17) is 10.2 Å². The van der Waals surface area contributed by atoms with Crippen molar-refractivity contribution in [1.82, 2.24) is 0 Å². The SMILES string of the molecule is CC(C)(C)[Si](C)(C)OC[C@@H](N)c1cccc2ccccc12. The Morgan fingerprint density at radius 3 is 2.33 bits per heavy atom. The Morgan fingerprint density at radius 2 is 1.67 bits per heavy atom. The Labute approximate surface area is 129 Å². The summed E-state index contributed by atoms with van der Waals surface area (Å²) >= 11 is 0. The average Bonchev–Trinajstić information content (AvgIpc) is 2.43. The summed E-state index contributed by atoms with van der Waals surface area (Å²) in [6.07, 6.45) is 0. The molecule has 0 bridgehead atoms. The molecule has 114 valence electrons. The monoisotopic (exact) mass is 301 g/mol. The van der Waals surface area contributed by atoms with Crippen LogP contribution < -0.4 is 5.73 Å². The van der Waals surface area contributed by atoms with Gasteiger partial charge >= 0.3 is 0 Å². The molecule has 0 radical (unpaired) electrons. The van der Waals surface area contributed by atoms with Crippen LogP contribution in [0.2, 0.25) is 18.1 Å². The molecule has 2 N–H and O–H groups in total. The number of benzene rings is 2. The van der Waals surface area contributed by atoms with E-state index in [2.05, 4.69) is 76.3 Å². The van der Waals surface area contributed by atoms with Crippen LogP contribution in [0.15, 0.2) is 42.5 Å². The summed E-state index contributed by atoms with van der Waals surface area (Å²) in [6.45, 7) is 11.9. The quantitative estimate of drug-likeness (QED) is 0.818. The van der Waals surface area contributed by atoms with Crippen molar-refractivity contribution in [2.24, 2.45) is 5.73 Å². The fraction of sp³-hybridized carbons (Fsp3) is 0.444. The smallest absolute Gasteiger partial charge is 0.192 e. The zero-order valence-electron chi connectivity index (χ0n) is 13.8. The van der Waals surface area contributed by atoms with Crippen LogP contribution >= 0.6 is 0 Å². The van der Waals surface area contributed by atoms with Crippen molar-refractivity contribution in [1.29, 1.82) is 0 Å². The van der Waals surface area contributed by atoms with Gasteiger partial charge in [-0.05, 0) is 34.5 Å². The minimum Gasteiger partial charge on any atom is -0.415 e. The van der Waals surface area contributed by atoms with Gasteiger partial charge in [-0.25, -0.2) is 0 Å². The van der Waals surface area contributed by atoms with Gasteiger partial charge in [-0.15, -0.1) is 0 Å². The Morgan fingerprint density at radius 1 is 1.05 bits per heavy atom. The van der Waals surface area contributed by atoms with Crippen LogP contribution in [0.4, 0.5) is 0 Å². The Bertz CT molecular complexity index is 611. The van der Waals surface area contributed by atoms with Crippen LogP contribution in [-0.4, -0.2) is 14.9 Å². The minimum absolute atomic E-state index is 0.0785. The molecule has 0 heterocycles. The first-order valence-electron chi connectivity index (χ1n) is 7.59. The highest BCUT2D eigenvalue weighted by Gasteiger charge is 2.37. The summed E-state index contributed by atoms with van der Waals surface area (Å²) in [5.74, 6) is 0. The van der Waals surface area contributed by atoms with Gasteiger partial charge in [0, 0.05) is 0 Å². The number of fused-ring (bicyclic) bond motifs is 1. The molecule has 1 atom stereocenters. The Hall–Kier alpha value is -1.16. The summed E-state index contributed by atoms with van der Waals surface area (Å²) in [5.41, 5.74) is 7.58. The van der Waals surface area contributed by atoms with Gasteiger partial charge in [0.1, 0.15) is 0 Å². The lowest BCUT2D eigenvalue weighted by Crippen LogP contribution is -2.42. The Balaban J connectivity index is 2.18. The number of nitrogens with two attached hydrogens (primary N) is 1.